The van der Waals surface area contributed by atoms with Crippen molar-refractivity contribution in [2.24, 2.45) is 11.7 Å². The third-order valence-electron chi connectivity index (χ3n) is 4.82. The second-order valence-corrected chi connectivity index (χ2v) is 8.53. The molecule has 1 saturated heterocycles. The summed E-state index contributed by atoms with van der Waals surface area (Å²) in [6, 6.07) is 5.00. The molecule has 27 heavy (non-hydrogen) atoms. The second kappa shape index (κ2) is 10.3. The largest absolute Gasteiger partial charge is 0.370 e. The number of hydrogen-bond acceptors (Lipinski definition) is 5. The Morgan fingerprint density at radius 3 is 2.37 bits per heavy atom. The maximum absolute atomic E-state index is 12.8. The van der Waals surface area contributed by atoms with E-state index in [1.54, 1.807) is 25.1 Å². The maximum atomic E-state index is 12.8. The van der Waals surface area contributed by atoms with Crippen LogP contribution in [0.3, 0.4) is 0 Å². The molecular formula is C18H31ClN4O3S. The number of halogens is 1. The van der Waals surface area contributed by atoms with Crippen molar-refractivity contribution < 1.29 is 13.2 Å². The van der Waals surface area contributed by atoms with Gasteiger partial charge in [-0.05, 0) is 31.0 Å². The molecule has 1 aromatic carbocycles. The molecule has 1 fully saturated rings. The fourth-order valence-electron chi connectivity index (χ4n) is 3.09. The first-order valence-corrected chi connectivity index (χ1v) is 10.7. The van der Waals surface area contributed by atoms with Crippen molar-refractivity contribution in [2.75, 3.05) is 42.9 Å². The predicted octanol–water partition coefficient (Wildman–Crippen LogP) is 2.27. The van der Waals surface area contributed by atoms with Gasteiger partial charge in [0.2, 0.25) is 15.9 Å². The number of nitrogens with two attached hydrogens (primary N) is 1. The molecule has 1 aromatic rings. The summed E-state index contributed by atoms with van der Waals surface area (Å²) in [6.07, 6.45) is 2.18. The topological polar surface area (TPSA) is 95.7 Å². The van der Waals surface area contributed by atoms with Gasteiger partial charge in [0.05, 0.1) is 16.3 Å². The minimum atomic E-state index is -3.59. The number of carbonyl (C=O) groups excluding carboxylic acids is 1. The van der Waals surface area contributed by atoms with Crippen molar-refractivity contribution in [3.63, 3.8) is 0 Å². The van der Waals surface area contributed by atoms with Crippen LogP contribution in [0.5, 0.6) is 0 Å². The molecule has 0 aliphatic carbocycles. The van der Waals surface area contributed by atoms with Crippen LogP contribution < -0.4 is 16.0 Å². The fraction of sp³-hybridized carbons (Fsp3) is 0.611. The van der Waals surface area contributed by atoms with Crippen LogP contribution in [0.25, 0.3) is 0 Å². The lowest BCUT2D eigenvalue weighted by Crippen LogP contribution is -2.31. The van der Waals surface area contributed by atoms with E-state index in [4.69, 9.17) is 5.73 Å². The van der Waals surface area contributed by atoms with Gasteiger partial charge in [-0.25, -0.2) is 8.42 Å². The molecule has 9 heteroatoms. The molecule has 0 radical (unpaired) electrons. The summed E-state index contributed by atoms with van der Waals surface area (Å²) < 4.78 is 27.1. The summed E-state index contributed by atoms with van der Waals surface area (Å²) in [5, 5.41) is 2.88. The molecule has 1 aliphatic rings. The van der Waals surface area contributed by atoms with Gasteiger partial charge in [-0.15, -0.1) is 12.4 Å². The number of amides is 1. The summed E-state index contributed by atoms with van der Waals surface area (Å²) in [5.74, 6) is -0.546. The van der Waals surface area contributed by atoms with Crippen LogP contribution in [0.2, 0.25) is 0 Å². The van der Waals surface area contributed by atoms with Gasteiger partial charge in [0.25, 0.3) is 0 Å². The van der Waals surface area contributed by atoms with E-state index >= 15 is 0 Å². The normalized spacial score (nSPS) is 15.5. The van der Waals surface area contributed by atoms with Crippen LogP contribution in [-0.2, 0) is 14.8 Å². The number of benzene rings is 1. The van der Waals surface area contributed by atoms with Crippen molar-refractivity contribution in [1.29, 1.82) is 0 Å². The molecule has 1 atom stereocenters. The molecule has 1 heterocycles. The zero-order chi connectivity index (χ0) is 19.3. The SMILES string of the molecule is CCN(CC)S(=O)(=O)c1ccc(N2CCCC2)c(NC(=O)C(C)CN)c1.Cl. The zero-order valence-corrected chi connectivity index (χ0v) is 17.9. The van der Waals surface area contributed by atoms with E-state index in [-0.39, 0.29) is 35.7 Å². The van der Waals surface area contributed by atoms with Crippen molar-refractivity contribution in [1.82, 2.24) is 4.31 Å². The van der Waals surface area contributed by atoms with Gasteiger partial charge >= 0.3 is 0 Å². The first-order valence-electron chi connectivity index (χ1n) is 9.25. The highest BCUT2D eigenvalue weighted by atomic mass is 35.5. The van der Waals surface area contributed by atoms with Crippen molar-refractivity contribution in [2.45, 2.75) is 38.5 Å². The van der Waals surface area contributed by atoms with Crippen LogP contribution in [0.15, 0.2) is 23.1 Å². The molecule has 2 rings (SSSR count). The van der Waals surface area contributed by atoms with E-state index in [1.807, 2.05) is 13.8 Å². The summed E-state index contributed by atoms with van der Waals surface area (Å²) in [4.78, 5) is 14.7. The summed E-state index contributed by atoms with van der Waals surface area (Å²) >= 11 is 0. The minimum absolute atomic E-state index is 0. The summed E-state index contributed by atoms with van der Waals surface area (Å²) in [5.41, 5.74) is 6.98. The lowest BCUT2D eigenvalue weighted by atomic mass is 10.1. The van der Waals surface area contributed by atoms with E-state index in [0.29, 0.717) is 18.8 Å². The maximum Gasteiger partial charge on any atom is 0.243 e. The third kappa shape index (κ3) is 5.34. The van der Waals surface area contributed by atoms with Crippen molar-refractivity contribution in [3.05, 3.63) is 18.2 Å². The van der Waals surface area contributed by atoms with Crippen LogP contribution in [0, 0.1) is 5.92 Å². The van der Waals surface area contributed by atoms with E-state index < -0.39 is 10.0 Å². The second-order valence-electron chi connectivity index (χ2n) is 6.59. The average molecular weight is 419 g/mol. The molecule has 1 unspecified atom stereocenters. The Balaban J connectivity index is 0.00000364. The Bertz CT molecular complexity index is 732. The summed E-state index contributed by atoms with van der Waals surface area (Å²) in [7, 11) is -3.59. The van der Waals surface area contributed by atoms with Gasteiger partial charge in [-0.2, -0.15) is 4.31 Å². The number of rotatable bonds is 8. The Kier molecular flexibility index (Phi) is 9.01. The molecular weight excluding hydrogens is 388 g/mol. The van der Waals surface area contributed by atoms with Gasteiger partial charge in [0.1, 0.15) is 0 Å². The Hall–Kier alpha value is -1.35. The summed E-state index contributed by atoms with van der Waals surface area (Å²) in [6.45, 7) is 8.21. The van der Waals surface area contributed by atoms with Crippen LogP contribution in [0.4, 0.5) is 11.4 Å². The molecule has 0 saturated carbocycles. The monoisotopic (exact) mass is 418 g/mol. The quantitative estimate of drug-likeness (QED) is 0.675. The van der Waals surface area contributed by atoms with E-state index in [1.165, 1.54) is 4.31 Å². The lowest BCUT2D eigenvalue weighted by Gasteiger charge is -2.24. The van der Waals surface area contributed by atoms with Gasteiger partial charge < -0.3 is 16.0 Å². The van der Waals surface area contributed by atoms with Gasteiger partial charge in [0, 0.05) is 38.6 Å². The highest BCUT2D eigenvalue weighted by Gasteiger charge is 2.25. The standard InChI is InChI=1S/C18H30N4O3S.ClH/c1-4-22(5-2)26(24,25)15-8-9-17(21-10-6-7-11-21)16(12-15)20-18(23)14(3)13-19;/h8-9,12,14H,4-7,10-11,13,19H2,1-3H3,(H,20,23);1H. The minimum Gasteiger partial charge on any atom is -0.370 e. The van der Waals surface area contributed by atoms with Gasteiger partial charge in [0.15, 0.2) is 0 Å². The Morgan fingerprint density at radius 1 is 1.26 bits per heavy atom. The van der Waals surface area contributed by atoms with Crippen LogP contribution in [0.1, 0.15) is 33.6 Å². The smallest absolute Gasteiger partial charge is 0.243 e. The highest BCUT2D eigenvalue weighted by Crippen LogP contribution is 2.32. The van der Waals surface area contributed by atoms with Gasteiger partial charge in [-0.1, -0.05) is 20.8 Å². The molecule has 7 nitrogen and oxygen atoms in total. The molecule has 154 valence electrons. The Labute approximate surface area is 168 Å². The highest BCUT2D eigenvalue weighted by molar-refractivity contribution is 7.89. The predicted molar refractivity (Wildman–Crippen MR) is 112 cm³/mol. The molecule has 1 aliphatic heterocycles. The number of nitrogens with one attached hydrogen (secondary N) is 1. The van der Waals surface area contributed by atoms with E-state index in [9.17, 15) is 13.2 Å². The zero-order valence-electron chi connectivity index (χ0n) is 16.3. The lowest BCUT2D eigenvalue weighted by molar-refractivity contribution is -0.119. The molecule has 0 aromatic heterocycles. The van der Waals surface area contributed by atoms with Gasteiger partial charge in [-0.3, -0.25) is 4.79 Å². The average Bonchev–Trinajstić information content (AvgIpc) is 3.16. The molecule has 0 spiro atoms. The Morgan fingerprint density at radius 2 is 1.85 bits per heavy atom. The van der Waals surface area contributed by atoms with Crippen LogP contribution >= 0.6 is 12.4 Å². The van der Waals surface area contributed by atoms with Crippen molar-refractivity contribution in [3.8, 4) is 0 Å². The first kappa shape index (κ1) is 23.7. The molecule has 1 amide bonds. The van der Waals surface area contributed by atoms with Crippen LogP contribution in [-0.4, -0.2) is 51.4 Å². The first-order chi connectivity index (χ1) is 12.3. The molecule has 3 N–H and O–H groups in total. The number of anilines is 2. The number of nitrogens with zero attached hydrogens (tertiary/aromatic N) is 2. The van der Waals surface area contributed by atoms with Crippen molar-refractivity contribution >= 4 is 39.7 Å². The van der Waals surface area contributed by atoms with E-state index in [2.05, 4.69) is 10.2 Å². The number of hydrogen-bond donors (Lipinski definition) is 2. The third-order valence-corrected chi connectivity index (χ3v) is 6.86. The fourth-order valence-corrected chi connectivity index (χ4v) is 4.57. The number of sulfonamides is 1. The molecule has 0 bridgehead atoms. The van der Waals surface area contributed by atoms with E-state index in [0.717, 1.165) is 31.6 Å². The number of carbonyl (C=O) groups is 1.